The van der Waals surface area contributed by atoms with E-state index in [9.17, 15) is 14.7 Å². The first-order valence-corrected chi connectivity index (χ1v) is 9.91. The molecule has 1 unspecified atom stereocenters. The fourth-order valence-corrected chi connectivity index (χ4v) is 3.92. The van der Waals surface area contributed by atoms with Crippen LogP contribution in [0, 0.1) is 20.8 Å². The number of nitrogens with zero attached hydrogens (tertiary/aromatic N) is 1. The molecule has 1 amide bonds. The number of ether oxygens (including phenoxy) is 1. The van der Waals surface area contributed by atoms with Crippen LogP contribution in [-0.4, -0.2) is 23.9 Å². The zero-order chi connectivity index (χ0) is 22.3. The second kappa shape index (κ2) is 7.80. The molecule has 0 radical (unpaired) electrons. The Balaban J connectivity index is 1.94. The molecular weight excluding hydrogens is 394 g/mol. The number of Topliss-reactive ketones (excluding diaryl/α,β-unsaturated/α-hetero) is 1. The molecule has 1 fully saturated rings. The van der Waals surface area contributed by atoms with Crippen LogP contribution in [-0.2, 0) is 9.59 Å². The number of furan rings is 1. The number of amides is 1. The summed E-state index contributed by atoms with van der Waals surface area (Å²) in [6.45, 7) is 5.50. The summed E-state index contributed by atoms with van der Waals surface area (Å²) in [4.78, 5) is 27.6. The van der Waals surface area contributed by atoms with Gasteiger partial charge in [-0.3, -0.25) is 14.5 Å². The molecule has 1 aliphatic heterocycles. The van der Waals surface area contributed by atoms with E-state index in [1.807, 2.05) is 25.1 Å². The van der Waals surface area contributed by atoms with E-state index in [1.54, 1.807) is 57.4 Å². The monoisotopic (exact) mass is 417 g/mol. The van der Waals surface area contributed by atoms with Crippen LogP contribution in [0.3, 0.4) is 0 Å². The normalized spacial score (nSPS) is 17.9. The van der Waals surface area contributed by atoms with Crippen LogP contribution in [0.25, 0.3) is 5.76 Å². The Morgan fingerprint density at radius 1 is 1.03 bits per heavy atom. The third-order valence-corrected chi connectivity index (χ3v) is 5.44. The van der Waals surface area contributed by atoms with Crippen molar-refractivity contribution in [2.75, 3.05) is 12.0 Å². The number of methoxy groups -OCH3 is 1. The molecule has 4 rings (SSSR count). The highest BCUT2D eigenvalue weighted by Gasteiger charge is 2.48. The van der Waals surface area contributed by atoms with Crippen molar-refractivity contribution in [3.63, 3.8) is 0 Å². The second-order valence-electron chi connectivity index (χ2n) is 7.64. The minimum Gasteiger partial charge on any atom is -0.507 e. The third-order valence-electron chi connectivity index (χ3n) is 5.44. The van der Waals surface area contributed by atoms with Gasteiger partial charge in [0.25, 0.3) is 11.7 Å². The molecule has 31 heavy (non-hydrogen) atoms. The van der Waals surface area contributed by atoms with Gasteiger partial charge in [0.1, 0.15) is 29.1 Å². The van der Waals surface area contributed by atoms with Crippen molar-refractivity contribution in [3.05, 3.63) is 88.4 Å². The summed E-state index contributed by atoms with van der Waals surface area (Å²) >= 11 is 0. The van der Waals surface area contributed by atoms with Gasteiger partial charge in [-0.1, -0.05) is 12.1 Å². The topological polar surface area (TPSA) is 80.0 Å². The minimum atomic E-state index is -0.878. The summed E-state index contributed by atoms with van der Waals surface area (Å²) in [5.74, 6) is -0.0257. The van der Waals surface area contributed by atoms with Crippen molar-refractivity contribution in [2.45, 2.75) is 26.8 Å². The summed E-state index contributed by atoms with van der Waals surface area (Å²) in [6.07, 6.45) is 0. The van der Waals surface area contributed by atoms with Crippen LogP contribution in [0.5, 0.6) is 5.75 Å². The minimum absolute atomic E-state index is 0.00544. The van der Waals surface area contributed by atoms with E-state index in [1.165, 1.54) is 4.90 Å². The molecule has 1 atom stereocenters. The largest absolute Gasteiger partial charge is 0.507 e. The molecule has 2 heterocycles. The smallest absolute Gasteiger partial charge is 0.300 e. The fraction of sp³-hybridized carbons (Fsp3) is 0.200. The lowest BCUT2D eigenvalue weighted by Gasteiger charge is -2.24. The highest BCUT2D eigenvalue weighted by Crippen LogP contribution is 2.43. The van der Waals surface area contributed by atoms with Crippen molar-refractivity contribution >= 4 is 23.1 Å². The first-order valence-electron chi connectivity index (χ1n) is 9.91. The maximum Gasteiger partial charge on any atom is 0.300 e. The zero-order valence-corrected chi connectivity index (χ0v) is 17.8. The molecule has 6 heteroatoms. The van der Waals surface area contributed by atoms with Gasteiger partial charge >= 0.3 is 0 Å². The molecule has 0 saturated carbocycles. The van der Waals surface area contributed by atoms with Gasteiger partial charge < -0.3 is 14.3 Å². The van der Waals surface area contributed by atoms with Crippen LogP contribution in [0.4, 0.5) is 5.69 Å². The SMILES string of the molecule is COc1ccc(/C(O)=C2/C(=O)C(=O)N(c3cccc(C)c3)C2c2ccc(C)o2)c(C)c1. The Morgan fingerprint density at radius 3 is 2.42 bits per heavy atom. The third kappa shape index (κ3) is 3.50. The van der Waals surface area contributed by atoms with Crippen LogP contribution >= 0.6 is 0 Å². The maximum absolute atomic E-state index is 13.1. The summed E-state index contributed by atoms with van der Waals surface area (Å²) < 4.78 is 11.0. The van der Waals surface area contributed by atoms with Crippen LogP contribution in [0.1, 0.15) is 34.3 Å². The van der Waals surface area contributed by atoms with Crippen LogP contribution in [0.2, 0.25) is 0 Å². The first-order chi connectivity index (χ1) is 14.8. The lowest BCUT2D eigenvalue weighted by atomic mass is 9.96. The number of aryl methyl sites for hydroxylation is 3. The number of carbonyl (C=O) groups is 2. The van der Waals surface area contributed by atoms with Gasteiger partial charge in [-0.15, -0.1) is 0 Å². The van der Waals surface area contributed by atoms with E-state index in [2.05, 4.69) is 0 Å². The Labute approximate surface area is 180 Å². The predicted octanol–water partition coefficient (Wildman–Crippen LogP) is 4.84. The van der Waals surface area contributed by atoms with Gasteiger partial charge in [-0.25, -0.2) is 0 Å². The highest BCUT2D eigenvalue weighted by molar-refractivity contribution is 6.51. The van der Waals surface area contributed by atoms with E-state index in [4.69, 9.17) is 9.15 Å². The van der Waals surface area contributed by atoms with Gasteiger partial charge in [0.2, 0.25) is 0 Å². The number of aliphatic hydroxyl groups is 1. The van der Waals surface area contributed by atoms with E-state index >= 15 is 0 Å². The summed E-state index contributed by atoms with van der Waals surface area (Å²) in [6, 6.07) is 15.1. The van der Waals surface area contributed by atoms with Crippen molar-refractivity contribution in [1.82, 2.24) is 0 Å². The summed E-state index contributed by atoms with van der Waals surface area (Å²) in [5.41, 5.74) is 2.67. The molecule has 1 saturated heterocycles. The molecule has 2 aromatic carbocycles. The number of anilines is 1. The number of hydrogen-bond donors (Lipinski definition) is 1. The quantitative estimate of drug-likeness (QED) is 0.373. The average molecular weight is 417 g/mol. The van der Waals surface area contributed by atoms with E-state index in [-0.39, 0.29) is 11.3 Å². The summed E-state index contributed by atoms with van der Waals surface area (Å²) in [5, 5.41) is 11.2. The van der Waals surface area contributed by atoms with Crippen molar-refractivity contribution in [2.24, 2.45) is 0 Å². The van der Waals surface area contributed by atoms with E-state index in [0.29, 0.717) is 34.1 Å². The number of aliphatic hydroxyl groups excluding tert-OH is 1. The molecule has 0 aliphatic carbocycles. The first kappa shape index (κ1) is 20.5. The van der Waals surface area contributed by atoms with Crippen molar-refractivity contribution in [1.29, 1.82) is 0 Å². The molecule has 1 N–H and O–H groups in total. The van der Waals surface area contributed by atoms with Gasteiger partial charge in [0.05, 0.1) is 12.7 Å². The van der Waals surface area contributed by atoms with Gasteiger partial charge in [0, 0.05) is 11.3 Å². The molecule has 1 aromatic heterocycles. The van der Waals surface area contributed by atoms with Crippen LogP contribution < -0.4 is 9.64 Å². The molecule has 6 nitrogen and oxygen atoms in total. The molecule has 0 spiro atoms. The Hall–Kier alpha value is -3.80. The van der Waals surface area contributed by atoms with Crippen LogP contribution in [0.15, 0.2) is 64.6 Å². The number of hydrogen-bond acceptors (Lipinski definition) is 5. The molecule has 3 aromatic rings. The molecular formula is C25H23NO5. The Bertz CT molecular complexity index is 1220. The number of carbonyl (C=O) groups excluding carboxylic acids is 2. The number of rotatable bonds is 4. The standard InChI is InChI=1S/C25H23NO5/c1-14-6-5-7-17(12-14)26-22(20-11-8-16(3)31-20)21(24(28)25(26)29)23(27)19-10-9-18(30-4)13-15(19)2/h5-13,22,27H,1-4H3/b23-21-. The highest BCUT2D eigenvalue weighted by atomic mass is 16.5. The molecule has 0 bridgehead atoms. The Morgan fingerprint density at radius 2 is 1.81 bits per heavy atom. The summed E-state index contributed by atoms with van der Waals surface area (Å²) in [7, 11) is 1.56. The van der Waals surface area contributed by atoms with Gasteiger partial charge in [0.15, 0.2) is 0 Å². The van der Waals surface area contributed by atoms with Gasteiger partial charge in [-0.2, -0.15) is 0 Å². The van der Waals surface area contributed by atoms with Gasteiger partial charge in [-0.05, 0) is 74.4 Å². The van der Waals surface area contributed by atoms with Crippen molar-refractivity contribution in [3.8, 4) is 5.75 Å². The van der Waals surface area contributed by atoms with E-state index < -0.39 is 17.7 Å². The lowest BCUT2D eigenvalue weighted by molar-refractivity contribution is -0.132. The van der Waals surface area contributed by atoms with E-state index in [0.717, 1.165) is 5.56 Å². The maximum atomic E-state index is 13.1. The average Bonchev–Trinajstić information content (AvgIpc) is 3.28. The zero-order valence-electron chi connectivity index (χ0n) is 17.8. The van der Waals surface area contributed by atoms with Crippen molar-refractivity contribution < 1.29 is 23.8 Å². The number of benzene rings is 2. The second-order valence-corrected chi connectivity index (χ2v) is 7.64. The molecule has 158 valence electrons. The number of ketones is 1. The molecule has 1 aliphatic rings. The Kier molecular flexibility index (Phi) is 5.15. The predicted molar refractivity (Wildman–Crippen MR) is 117 cm³/mol. The fourth-order valence-electron chi connectivity index (χ4n) is 3.92. The lowest BCUT2D eigenvalue weighted by Crippen LogP contribution is -2.29.